The van der Waals surface area contributed by atoms with E-state index in [9.17, 15) is 8.42 Å². The predicted octanol–water partition coefficient (Wildman–Crippen LogP) is 4.30. The Morgan fingerprint density at radius 3 is 2.21 bits per heavy atom. The lowest BCUT2D eigenvalue weighted by atomic mass is 10.0. The van der Waals surface area contributed by atoms with Crippen LogP contribution in [-0.4, -0.2) is 8.42 Å². The van der Waals surface area contributed by atoms with Crippen LogP contribution in [0.1, 0.15) is 29.0 Å². The van der Waals surface area contributed by atoms with Crippen molar-refractivity contribution in [3.63, 3.8) is 0 Å². The Labute approximate surface area is 169 Å². The SMILES string of the molecule is O=S(=O)(NC1c2cccc3cccc(c23)C1NCc1ccco1)c1ccccc1. The van der Waals surface area contributed by atoms with Crippen LogP contribution in [0.15, 0.2) is 94.4 Å². The van der Waals surface area contributed by atoms with Crippen molar-refractivity contribution in [1.82, 2.24) is 10.0 Å². The van der Waals surface area contributed by atoms with Crippen LogP contribution in [0.3, 0.4) is 0 Å². The summed E-state index contributed by atoms with van der Waals surface area (Å²) in [6.07, 6.45) is 1.64. The Kier molecular flexibility index (Phi) is 4.47. The highest BCUT2D eigenvalue weighted by Crippen LogP contribution is 2.44. The smallest absolute Gasteiger partial charge is 0.241 e. The molecule has 0 fully saturated rings. The Morgan fingerprint density at radius 1 is 0.793 bits per heavy atom. The van der Waals surface area contributed by atoms with Crippen molar-refractivity contribution in [2.24, 2.45) is 0 Å². The second-order valence-corrected chi connectivity index (χ2v) is 8.86. The van der Waals surface area contributed by atoms with Crippen molar-refractivity contribution in [3.8, 4) is 0 Å². The Bertz CT molecular complexity index is 1250. The van der Waals surface area contributed by atoms with Crippen molar-refractivity contribution in [1.29, 1.82) is 0 Å². The van der Waals surface area contributed by atoms with E-state index < -0.39 is 16.1 Å². The van der Waals surface area contributed by atoms with E-state index in [1.807, 2.05) is 30.3 Å². The maximum absolute atomic E-state index is 13.1. The number of hydrogen-bond acceptors (Lipinski definition) is 4. The molecular weight excluding hydrogens is 384 g/mol. The van der Waals surface area contributed by atoms with Crippen LogP contribution in [0, 0.1) is 0 Å². The third kappa shape index (κ3) is 3.25. The van der Waals surface area contributed by atoms with E-state index in [2.05, 4.69) is 28.2 Å². The van der Waals surface area contributed by atoms with Crippen LogP contribution >= 0.6 is 0 Å². The summed E-state index contributed by atoms with van der Waals surface area (Å²) in [4.78, 5) is 0.257. The maximum Gasteiger partial charge on any atom is 0.241 e. The Balaban J connectivity index is 1.55. The summed E-state index contributed by atoms with van der Waals surface area (Å²) in [5, 5.41) is 5.70. The van der Waals surface area contributed by atoms with Crippen molar-refractivity contribution < 1.29 is 12.8 Å². The first kappa shape index (κ1) is 18.1. The van der Waals surface area contributed by atoms with Crippen LogP contribution in [0.25, 0.3) is 10.8 Å². The van der Waals surface area contributed by atoms with Gasteiger partial charge in [0.2, 0.25) is 10.0 Å². The molecule has 146 valence electrons. The zero-order chi connectivity index (χ0) is 19.8. The molecule has 0 bridgehead atoms. The van der Waals surface area contributed by atoms with Gasteiger partial charge in [-0.2, -0.15) is 0 Å². The Hall–Kier alpha value is -2.93. The molecule has 0 saturated carbocycles. The number of rotatable bonds is 6. The lowest BCUT2D eigenvalue weighted by molar-refractivity contribution is 0.405. The fourth-order valence-electron chi connectivity index (χ4n) is 4.10. The summed E-state index contributed by atoms with van der Waals surface area (Å²) in [6, 6.07) is 23.7. The topological polar surface area (TPSA) is 71.3 Å². The highest BCUT2D eigenvalue weighted by molar-refractivity contribution is 7.89. The third-order valence-corrected chi connectivity index (χ3v) is 6.84. The van der Waals surface area contributed by atoms with Crippen molar-refractivity contribution in [3.05, 3.63) is 102 Å². The zero-order valence-electron chi connectivity index (χ0n) is 15.6. The molecule has 5 rings (SSSR count). The zero-order valence-corrected chi connectivity index (χ0v) is 16.4. The molecule has 0 radical (unpaired) electrons. The number of furan rings is 1. The highest BCUT2D eigenvalue weighted by atomic mass is 32.2. The quantitative estimate of drug-likeness (QED) is 0.503. The maximum atomic E-state index is 13.1. The standard InChI is InChI=1S/C23H20N2O3S/c26-29(27,18-10-2-1-3-11-18)25-23-20-13-5-8-16-7-4-12-19(21(16)20)22(23)24-15-17-9-6-14-28-17/h1-14,22-25H,15H2. The third-order valence-electron chi connectivity index (χ3n) is 5.38. The van der Waals surface area contributed by atoms with Crippen molar-refractivity contribution in [2.75, 3.05) is 0 Å². The number of sulfonamides is 1. The van der Waals surface area contributed by atoms with Crippen LogP contribution in [-0.2, 0) is 16.6 Å². The number of benzene rings is 3. The molecular formula is C23H20N2O3S. The minimum absolute atomic E-state index is 0.209. The van der Waals surface area contributed by atoms with E-state index in [1.54, 1.807) is 36.6 Å². The molecule has 5 nitrogen and oxygen atoms in total. The summed E-state index contributed by atoms with van der Waals surface area (Å²) in [7, 11) is -3.68. The summed E-state index contributed by atoms with van der Waals surface area (Å²) < 4.78 is 34.5. The van der Waals surface area contributed by atoms with Gasteiger partial charge in [-0.3, -0.25) is 0 Å². The molecule has 2 atom stereocenters. The molecule has 0 spiro atoms. The molecule has 3 aromatic carbocycles. The van der Waals surface area contributed by atoms with E-state index in [-0.39, 0.29) is 10.9 Å². The molecule has 0 amide bonds. The fourth-order valence-corrected chi connectivity index (χ4v) is 5.34. The Morgan fingerprint density at radius 2 is 1.52 bits per heavy atom. The normalized spacial score (nSPS) is 18.3. The van der Waals surface area contributed by atoms with Gasteiger partial charge < -0.3 is 9.73 Å². The molecule has 6 heteroatoms. The van der Waals surface area contributed by atoms with Gasteiger partial charge >= 0.3 is 0 Å². The first-order valence-electron chi connectivity index (χ1n) is 9.48. The average molecular weight is 404 g/mol. The van der Waals surface area contributed by atoms with E-state index >= 15 is 0 Å². The number of nitrogens with one attached hydrogen (secondary N) is 2. The summed E-state index contributed by atoms with van der Waals surface area (Å²) >= 11 is 0. The largest absolute Gasteiger partial charge is 0.468 e. The van der Waals surface area contributed by atoms with Gasteiger partial charge in [-0.1, -0.05) is 54.6 Å². The number of hydrogen-bond donors (Lipinski definition) is 2. The van der Waals surface area contributed by atoms with Gasteiger partial charge in [-0.15, -0.1) is 0 Å². The van der Waals surface area contributed by atoms with Crippen LogP contribution < -0.4 is 10.0 Å². The molecule has 2 N–H and O–H groups in total. The molecule has 0 aliphatic heterocycles. The lowest BCUT2D eigenvalue weighted by Gasteiger charge is -2.24. The van der Waals surface area contributed by atoms with E-state index in [0.29, 0.717) is 6.54 Å². The summed E-state index contributed by atoms with van der Waals surface area (Å²) in [5.74, 6) is 0.804. The minimum atomic E-state index is -3.68. The molecule has 1 aliphatic rings. The van der Waals surface area contributed by atoms with Gasteiger partial charge in [-0.05, 0) is 46.2 Å². The second kappa shape index (κ2) is 7.15. The predicted molar refractivity (Wildman–Crippen MR) is 112 cm³/mol. The van der Waals surface area contributed by atoms with E-state index in [0.717, 1.165) is 27.7 Å². The highest BCUT2D eigenvalue weighted by Gasteiger charge is 2.37. The van der Waals surface area contributed by atoms with Gasteiger partial charge in [0.15, 0.2) is 0 Å². The first-order valence-corrected chi connectivity index (χ1v) is 11.0. The minimum Gasteiger partial charge on any atom is -0.468 e. The molecule has 0 saturated heterocycles. The van der Waals surface area contributed by atoms with Crippen LogP contribution in [0.5, 0.6) is 0 Å². The molecule has 29 heavy (non-hydrogen) atoms. The second-order valence-electron chi connectivity index (χ2n) is 7.14. The first-order chi connectivity index (χ1) is 14.1. The van der Waals surface area contributed by atoms with Gasteiger partial charge in [0, 0.05) is 0 Å². The van der Waals surface area contributed by atoms with Crippen molar-refractivity contribution in [2.45, 2.75) is 23.5 Å². The molecule has 1 aromatic heterocycles. The van der Waals surface area contributed by atoms with Gasteiger partial charge in [-0.25, -0.2) is 13.1 Å². The molecule has 2 unspecified atom stereocenters. The molecule has 1 aliphatic carbocycles. The van der Waals surface area contributed by atoms with Gasteiger partial charge in [0.05, 0.1) is 29.8 Å². The van der Waals surface area contributed by atoms with E-state index in [1.165, 1.54) is 0 Å². The molecule has 4 aromatic rings. The van der Waals surface area contributed by atoms with Crippen molar-refractivity contribution >= 4 is 20.8 Å². The van der Waals surface area contributed by atoms with E-state index in [4.69, 9.17) is 4.42 Å². The van der Waals surface area contributed by atoms with Crippen LogP contribution in [0.4, 0.5) is 0 Å². The van der Waals surface area contributed by atoms with Crippen LogP contribution in [0.2, 0.25) is 0 Å². The monoisotopic (exact) mass is 404 g/mol. The fraction of sp³-hybridized carbons (Fsp3) is 0.130. The van der Waals surface area contributed by atoms with Gasteiger partial charge in [0.1, 0.15) is 5.76 Å². The summed E-state index contributed by atoms with van der Waals surface area (Å²) in [5.41, 5.74) is 2.07. The van der Waals surface area contributed by atoms with Gasteiger partial charge in [0.25, 0.3) is 0 Å². The molecule has 1 heterocycles. The lowest BCUT2D eigenvalue weighted by Crippen LogP contribution is -2.36. The summed E-state index contributed by atoms with van der Waals surface area (Å²) in [6.45, 7) is 0.506. The average Bonchev–Trinajstić information content (AvgIpc) is 3.36.